The van der Waals surface area contributed by atoms with E-state index in [4.69, 9.17) is 0 Å². The monoisotopic (exact) mass is 199 g/mol. The highest BCUT2D eigenvalue weighted by Crippen LogP contribution is 2.09. The summed E-state index contributed by atoms with van der Waals surface area (Å²) in [6.07, 6.45) is 0.0603. The van der Waals surface area contributed by atoms with Crippen LogP contribution in [0.15, 0.2) is 0 Å². The van der Waals surface area contributed by atoms with E-state index in [0.29, 0.717) is 0 Å². The molecular formula is C8H13N3O3. The quantitative estimate of drug-likeness (QED) is 0.519. The van der Waals surface area contributed by atoms with E-state index < -0.39 is 6.04 Å². The van der Waals surface area contributed by atoms with Crippen LogP contribution in [0.2, 0.25) is 0 Å². The van der Waals surface area contributed by atoms with Crippen molar-refractivity contribution in [3.8, 4) is 0 Å². The highest BCUT2D eigenvalue weighted by molar-refractivity contribution is 6.06. The average Bonchev–Trinajstić information content (AvgIpc) is 2.34. The fraction of sp³-hybridized carbons (Fsp3) is 0.625. The Balaban J connectivity index is 2.51. The fourth-order valence-electron chi connectivity index (χ4n) is 1.27. The van der Waals surface area contributed by atoms with Crippen molar-refractivity contribution >= 4 is 17.7 Å². The SMILES string of the molecule is CNCC(=O)NC1CC(=O)N(C)C1=O. The first-order valence-electron chi connectivity index (χ1n) is 4.30. The fourth-order valence-corrected chi connectivity index (χ4v) is 1.27. The highest BCUT2D eigenvalue weighted by atomic mass is 16.2. The maximum absolute atomic E-state index is 11.3. The molecule has 0 aromatic heterocycles. The Morgan fingerprint density at radius 2 is 2.21 bits per heavy atom. The van der Waals surface area contributed by atoms with E-state index in [0.717, 1.165) is 4.90 Å². The predicted octanol–water partition coefficient (Wildman–Crippen LogP) is -1.92. The standard InChI is InChI=1S/C8H13N3O3/c1-9-4-6(12)10-5-3-7(13)11(2)8(5)14/h5,9H,3-4H2,1-2H3,(H,10,12). The van der Waals surface area contributed by atoms with Crippen LogP contribution < -0.4 is 10.6 Å². The van der Waals surface area contributed by atoms with E-state index in [1.54, 1.807) is 7.05 Å². The van der Waals surface area contributed by atoms with Gasteiger partial charge >= 0.3 is 0 Å². The predicted molar refractivity (Wildman–Crippen MR) is 48.3 cm³/mol. The molecule has 0 bridgehead atoms. The second-order valence-corrected chi connectivity index (χ2v) is 3.15. The lowest BCUT2D eigenvalue weighted by atomic mass is 10.2. The molecule has 3 amide bonds. The van der Waals surface area contributed by atoms with Gasteiger partial charge in [0.05, 0.1) is 13.0 Å². The number of nitrogens with zero attached hydrogens (tertiary/aromatic N) is 1. The lowest BCUT2D eigenvalue weighted by Gasteiger charge is -2.10. The smallest absolute Gasteiger partial charge is 0.252 e. The van der Waals surface area contributed by atoms with E-state index in [1.165, 1.54) is 7.05 Å². The van der Waals surface area contributed by atoms with Gasteiger partial charge in [0, 0.05) is 7.05 Å². The molecule has 2 N–H and O–H groups in total. The van der Waals surface area contributed by atoms with Gasteiger partial charge in [-0.1, -0.05) is 0 Å². The topological polar surface area (TPSA) is 78.5 Å². The van der Waals surface area contributed by atoms with E-state index in [2.05, 4.69) is 10.6 Å². The molecule has 6 nitrogen and oxygen atoms in total. The summed E-state index contributed by atoms with van der Waals surface area (Å²) in [7, 11) is 3.04. The summed E-state index contributed by atoms with van der Waals surface area (Å²) in [5, 5.41) is 5.13. The van der Waals surface area contributed by atoms with Crippen LogP contribution in [0.4, 0.5) is 0 Å². The molecule has 1 heterocycles. The first-order chi connectivity index (χ1) is 6.56. The summed E-state index contributed by atoms with van der Waals surface area (Å²) in [4.78, 5) is 34.5. The summed E-state index contributed by atoms with van der Waals surface area (Å²) in [6, 6.07) is -0.687. The van der Waals surface area contributed by atoms with Crippen LogP contribution in [-0.4, -0.2) is 49.3 Å². The van der Waals surface area contributed by atoms with Gasteiger partial charge in [-0.3, -0.25) is 19.3 Å². The number of likely N-dealkylation sites (tertiary alicyclic amines) is 1. The van der Waals surface area contributed by atoms with Crippen LogP contribution >= 0.6 is 0 Å². The van der Waals surface area contributed by atoms with E-state index in [9.17, 15) is 14.4 Å². The summed E-state index contributed by atoms with van der Waals surface area (Å²) < 4.78 is 0. The number of likely N-dealkylation sites (N-methyl/N-ethyl adjacent to an activating group) is 2. The zero-order chi connectivity index (χ0) is 10.7. The van der Waals surface area contributed by atoms with Gasteiger partial charge in [0.15, 0.2) is 0 Å². The maximum Gasteiger partial charge on any atom is 0.252 e. The van der Waals surface area contributed by atoms with Crippen molar-refractivity contribution in [3.63, 3.8) is 0 Å². The minimum atomic E-state index is -0.687. The van der Waals surface area contributed by atoms with E-state index in [-0.39, 0.29) is 30.7 Å². The first-order valence-corrected chi connectivity index (χ1v) is 4.30. The Hall–Kier alpha value is -1.43. The molecule has 1 rings (SSSR count). The van der Waals surface area contributed by atoms with Gasteiger partial charge in [0.1, 0.15) is 6.04 Å². The van der Waals surface area contributed by atoms with Gasteiger partial charge in [-0.05, 0) is 7.05 Å². The number of amides is 3. The summed E-state index contributed by atoms with van der Waals surface area (Å²) in [5.41, 5.74) is 0. The zero-order valence-corrected chi connectivity index (χ0v) is 8.16. The Morgan fingerprint density at radius 1 is 1.57 bits per heavy atom. The number of carbonyl (C=O) groups is 3. The lowest BCUT2D eigenvalue weighted by Crippen LogP contribution is -2.43. The summed E-state index contributed by atoms with van der Waals surface area (Å²) >= 11 is 0. The molecule has 1 fully saturated rings. The molecule has 1 aliphatic rings. The largest absolute Gasteiger partial charge is 0.343 e. The van der Waals surface area contributed by atoms with Gasteiger partial charge in [-0.2, -0.15) is 0 Å². The number of rotatable bonds is 3. The van der Waals surface area contributed by atoms with Gasteiger partial charge < -0.3 is 10.6 Å². The van der Waals surface area contributed by atoms with Crippen molar-refractivity contribution in [1.82, 2.24) is 15.5 Å². The molecule has 6 heteroatoms. The Labute approximate surface area is 81.6 Å². The molecule has 0 aromatic rings. The molecule has 1 atom stereocenters. The molecule has 78 valence electrons. The summed E-state index contributed by atoms with van der Waals surface area (Å²) in [6.45, 7) is 0.141. The lowest BCUT2D eigenvalue weighted by molar-refractivity contribution is -0.138. The van der Waals surface area contributed by atoms with E-state index >= 15 is 0 Å². The minimum Gasteiger partial charge on any atom is -0.343 e. The van der Waals surface area contributed by atoms with Crippen molar-refractivity contribution in [2.24, 2.45) is 0 Å². The average molecular weight is 199 g/mol. The second kappa shape index (κ2) is 4.19. The van der Waals surface area contributed by atoms with Crippen LogP contribution in [0.5, 0.6) is 0 Å². The Kier molecular flexibility index (Phi) is 3.19. The zero-order valence-electron chi connectivity index (χ0n) is 8.16. The molecule has 0 aliphatic carbocycles. The molecule has 0 spiro atoms. The highest BCUT2D eigenvalue weighted by Gasteiger charge is 2.36. The number of hydrogen-bond acceptors (Lipinski definition) is 4. The number of nitrogens with one attached hydrogen (secondary N) is 2. The molecule has 0 saturated carbocycles. The Bertz CT molecular complexity index is 277. The molecular weight excluding hydrogens is 186 g/mol. The Morgan fingerprint density at radius 3 is 2.64 bits per heavy atom. The van der Waals surface area contributed by atoms with Gasteiger partial charge in [0.25, 0.3) is 5.91 Å². The van der Waals surface area contributed by atoms with Crippen molar-refractivity contribution in [1.29, 1.82) is 0 Å². The number of carbonyl (C=O) groups excluding carboxylic acids is 3. The maximum atomic E-state index is 11.3. The second-order valence-electron chi connectivity index (χ2n) is 3.15. The minimum absolute atomic E-state index is 0.0603. The summed E-state index contributed by atoms with van der Waals surface area (Å²) in [5.74, 6) is -0.891. The molecule has 0 radical (unpaired) electrons. The number of hydrogen-bond donors (Lipinski definition) is 2. The third kappa shape index (κ3) is 2.08. The van der Waals surface area contributed by atoms with Gasteiger partial charge in [0.2, 0.25) is 11.8 Å². The molecule has 14 heavy (non-hydrogen) atoms. The molecule has 1 aliphatic heterocycles. The van der Waals surface area contributed by atoms with Gasteiger partial charge in [-0.25, -0.2) is 0 Å². The first kappa shape index (κ1) is 10.6. The van der Waals surface area contributed by atoms with Crippen molar-refractivity contribution in [3.05, 3.63) is 0 Å². The van der Waals surface area contributed by atoms with Crippen LogP contribution in [0.1, 0.15) is 6.42 Å². The van der Waals surface area contributed by atoms with Crippen molar-refractivity contribution in [2.45, 2.75) is 12.5 Å². The molecule has 1 unspecified atom stereocenters. The van der Waals surface area contributed by atoms with Crippen molar-refractivity contribution in [2.75, 3.05) is 20.6 Å². The van der Waals surface area contributed by atoms with Crippen LogP contribution in [0.25, 0.3) is 0 Å². The number of imide groups is 1. The van der Waals surface area contributed by atoms with Crippen LogP contribution in [0, 0.1) is 0 Å². The van der Waals surface area contributed by atoms with Crippen LogP contribution in [-0.2, 0) is 14.4 Å². The molecule has 1 saturated heterocycles. The van der Waals surface area contributed by atoms with E-state index in [1.807, 2.05) is 0 Å². The normalized spacial score (nSPS) is 21.6. The molecule has 0 aromatic carbocycles. The van der Waals surface area contributed by atoms with Crippen LogP contribution in [0.3, 0.4) is 0 Å². The third-order valence-corrected chi connectivity index (χ3v) is 2.05. The third-order valence-electron chi connectivity index (χ3n) is 2.05. The van der Waals surface area contributed by atoms with Gasteiger partial charge in [-0.15, -0.1) is 0 Å². The van der Waals surface area contributed by atoms with Crippen molar-refractivity contribution < 1.29 is 14.4 Å².